The first kappa shape index (κ1) is 15.1. The minimum Gasteiger partial charge on any atom is -0.497 e. The zero-order valence-electron chi connectivity index (χ0n) is 12.2. The Balaban J connectivity index is 1.67. The van der Waals surface area contributed by atoms with Crippen LogP contribution in [0.25, 0.3) is 12.2 Å². The zero-order valence-corrected chi connectivity index (χ0v) is 12.2. The zero-order chi connectivity index (χ0) is 14.8. The van der Waals surface area contributed by atoms with Crippen LogP contribution in [-0.2, 0) is 4.74 Å². The molecule has 0 aromatic heterocycles. The molecule has 0 fully saturated rings. The van der Waals surface area contributed by atoms with E-state index in [2.05, 4.69) is 18.2 Å². The summed E-state index contributed by atoms with van der Waals surface area (Å²) >= 11 is 0. The summed E-state index contributed by atoms with van der Waals surface area (Å²) in [7, 11) is 1.67. The van der Waals surface area contributed by atoms with E-state index >= 15 is 0 Å². The number of hydrogen-bond acceptors (Lipinski definition) is 2. The van der Waals surface area contributed by atoms with Crippen molar-refractivity contribution < 1.29 is 9.47 Å². The van der Waals surface area contributed by atoms with Gasteiger partial charge in [0, 0.05) is 0 Å². The maximum Gasteiger partial charge on any atom is 0.118 e. The van der Waals surface area contributed by atoms with Crippen LogP contribution in [-0.4, -0.2) is 20.3 Å². The lowest BCUT2D eigenvalue weighted by atomic mass is 10.2. The summed E-state index contributed by atoms with van der Waals surface area (Å²) in [6.45, 7) is 1.22. The van der Waals surface area contributed by atoms with Crippen LogP contribution < -0.4 is 4.74 Å². The Morgan fingerprint density at radius 1 is 0.762 bits per heavy atom. The molecule has 0 saturated heterocycles. The van der Waals surface area contributed by atoms with Gasteiger partial charge in [-0.1, -0.05) is 66.8 Å². The molecule has 0 spiro atoms. The lowest BCUT2D eigenvalue weighted by molar-refractivity contribution is 0.195. The van der Waals surface area contributed by atoms with Crippen molar-refractivity contribution in [2.45, 2.75) is 0 Å². The number of hydrogen-bond donors (Lipinski definition) is 0. The van der Waals surface area contributed by atoms with Gasteiger partial charge >= 0.3 is 0 Å². The van der Waals surface area contributed by atoms with Crippen molar-refractivity contribution in [2.24, 2.45) is 0 Å². The normalized spacial score (nSPS) is 11.3. The monoisotopic (exact) mass is 280 g/mol. The van der Waals surface area contributed by atoms with E-state index in [1.807, 2.05) is 60.7 Å². The minimum absolute atomic E-state index is 0.602. The Morgan fingerprint density at radius 3 is 1.90 bits per heavy atom. The van der Waals surface area contributed by atoms with Crippen molar-refractivity contribution in [1.29, 1.82) is 0 Å². The highest BCUT2D eigenvalue weighted by atomic mass is 16.5. The molecule has 2 aromatic carbocycles. The molecule has 2 nitrogen and oxygen atoms in total. The number of methoxy groups -OCH3 is 1. The molecule has 0 unspecified atom stereocenters. The van der Waals surface area contributed by atoms with Crippen molar-refractivity contribution in [3.8, 4) is 5.75 Å². The van der Waals surface area contributed by atoms with Crippen molar-refractivity contribution in [1.82, 2.24) is 0 Å². The van der Waals surface area contributed by atoms with E-state index in [9.17, 15) is 0 Å². The fourth-order valence-electron chi connectivity index (χ4n) is 1.85. The summed E-state index contributed by atoms with van der Waals surface area (Å²) in [6.07, 6.45) is 8.14. The van der Waals surface area contributed by atoms with E-state index in [1.165, 1.54) is 5.56 Å². The molecule has 0 N–H and O–H groups in total. The number of rotatable bonds is 7. The number of ether oxygens (including phenoxy) is 2. The molecule has 0 bridgehead atoms. The fourth-order valence-corrected chi connectivity index (χ4v) is 1.85. The van der Waals surface area contributed by atoms with Gasteiger partial charge < -0.3 is 9.47 Å². The summed E-state index contributed by atoms with van der Waals surface area (Å²) in [6, 6.07) is 18.1. The predicted molar refractivity (Wildman–Crippen MR) is 88.3 cm³/mol. The first-order valence-corrected chi connectivity index (χ1v) is 6.98. The van der Waals surface area contributed by atoms with Crippen LogP contribution in [0, 0.1) is 0 Å². The summed E-state index contributed by atoms with van der Waals surface area (Å²) < 4.78 is 10.6. The second-order valence-corrected chi connectivity index (χ2v) is 4.53. The van der Waals surface area contributed by atoms with Gasteiger partial charge in [0.25, 0.3) is 0 Å². The SMILES string of the molecule is COc1ccc(/C=C/COC/C=C/c2ccccc2)cc1. The molecule has 0 aliphatic rings. The Kier molecular flexibility index (Phi) is 6.30. The molecule has 0 radical (unpaired) electrons. The van der Waals surface area contributed by atoms with Crippen molar-refractivity contribution in [3.05, 3.63) is 77.9 Å². The highest BCUT2D eigenvalue weighted by Gasteiger charge is 1.89. The maximum atomic E-state index is 5.52. The molecular formula is C19H20O2. The van der Waals surface area contributed by atoms with Crippen LogP contribution in [0.5, 0.6) is 5.75 Å². The smallest absolute Gasteiger partial charge is 0.118 e. The van der Waals surface area contributed by atoms with Crippen LogP contribution >= 0.6 is 0 Å². The summed E-state index contributed by atoms with van der Waals surface area (Å²) in [5.41, 5.74) is 2.33. The third kappa shape index (κ3) is 5.67. The van der Waals surface area contributed by atoms with Crippen molar-refractivity contribution in [2.75, 3.05) is 20.3 Å². The van der Waals surface area contributed by atoms with Gasteiger partial charge in [0.05, 0.1) is 20.3 Å². The largest absolute Gasteiger partial charge is 0.497 e. The van der Waals surface area contributed by atoms with Gasteiger partial charge in [-0.3, -0.25) is 0 Å². The van der Waals surface area contributed by atoms with E-state index in [4.69, 9.17) is 9.47 Å². The van der Waals surface area contributed by atoms with Crippen molar-refractivity contribution in [3.63, 3.8) is 0 Å². The van der Waals surface area contributed by atoms with E-state index in [0.717, 1.165) is 11.3 Å². The summed E-state index contributed by atoms with van der Waals surface area (Å²) in [5.74, 6) is 0.870. The molecule has 0 saturated carbocycles. The first-order chi connectivity index (χ1) is 10.4. The quantitative estimate of drug-likeness (QED) is 0.698. The molecule has 0 heterocycles. The van der Waals surface area contributed by atoms with E-state index in [-0.39, 0.29) is 0 Å². The molecule has 0 aliphatic carbocycles. The average molecular weight is 280 g/mol. The maximum absolute atomic E-state index is 5.52. The third-order valence-electron chi connectivity index (χ3n) is 2.96. The standard InChI is InChI=1S/C19H20O2/c1-20-19-13-11-18(12-14-19)10-6-16-21-15-5-9-17-7-3-2-4-8-17/h2-14H,15-16H2,1H3/b9-5+,10-6+. The van der Waals surface area contributed by atoms with Crippen LogP contribution in [0.3, 0.4) is 0 Å². The molecule has 0 amide bonds. The molecule has 0 atom stereocenters. The van der Waals surface area contributed by atoms with Crippen LogP contribution in [0.1, 0.15) is 11.1 Å². The molecule has 108 valence electrons. The minimum atomic E-state index is 0.602. The van der Waals surface area contributed by atoms with Gasteiger partial charge in [-0.25, -0.2) is 0 Å². The van der Waals surface area contributed by atoms with Gasteiger partial charge in [0.2, 0.25) is 0 Å². The predicted octanol–water partition coefficient (Wildman–Crippen LogP) is 4.44. The van der Waals surface area contributed by atoms with Gasteiger partial charge in [-0.2, -0.15) is 0 Å². The molecule has 2 rings (SSSR count). The van der Waals surface area contributed by atoms with Crippen LogP contribution in [0.4, 0.5) is 0 Å². The Bertz CT molecular complexity index is 568. The molecular weight excluding hydrogens is 260 g/mol. The molecule has 21 heavy (non-hydrogen) atoms. The first-order valence-electron chi connectivity index (χ1n) is 6.98. The highest BCUT2D eigenvalue weighted by Crippen LogP contribution is 2.12. The topological polar surface area (TPSA) is 18.5 Å². The summed E-state index contributed by atoms with van der Waals surface area (Å²) in [5, 5.41) is 0. The second kappa shape index (κ2) is 8.77. The summed E-state index contributed by atoms with van der Waals surface area (Å²) in [4.78, 5) is 0. The Morgan fingerprint density at radius 2 is 1.33 bits per heavy atom. The lowest BCUT2D eigenvalue weighted by Gasteiger charge is -1.99. The van der Waals surface area contributed by atoms with Gasteiger partial charge in [-0.15, -0.1) is 0 Å². The highest BCUT2D eigenvalue weighted by molar-refractivity contribution is 5.50. The second-order valence-electron chi connectivity index (χ2n) is 4.53. The molecule has 2 heteroatoms. The average Bonchev–Trinajstić information content (AvgIpc) is 2.55. The van der Waals surface area contributed by atoms with Crippen molar-refractivity contribution >= 4 is 12.2 Å². The Hall–Kier alpha value is -2.32. The van der Waals surface area contributed by atoms with Gasteiger partial charge in [0.15, 0.2) is 0 Å². The molecule has 2 aromatic rings. The van der Waals surface area contributed by atoms with Gasteiger partial charge in [-0.05, 0) is 23.3 Å². The van der Waals surface area contributed by atoms with E-state index < -0.39 is 0 Å². The van der Waals surface area contributed by atoms with E-state index in [1.54, 1.807) is 7.11 Å². The van der Waals surface area contributed by atoms with E-state index in [0.29, 0.717) is 13.2 Å². The fraction of sp³-hybridized carbons (Fsp3) is 0.158. The van der Waals surface area contributed by atoms with Crippen LogP contribution in [0.2, 0.25) is 0 Å². The van der Waals surface area contributed by atoms with Crippen LogP contribution in [0.15, 0.2) is 66.7 Å². The Labute approximate surface area is 126 Å². The number of benzene rings is 2. The molecule has 0 aliphatic heterocycles. The van der Waals surface area contributed by atoms with Gasteiger partial charge in [0.1, 0.15) is 5.75 Å². The third-order valence-corrected chi connectivity index (χ3v) is 2.96. The lowest BCUT2D eigenvalue weighted by Crippen LogP contribution is -1.90.